The van der Waals surface area contributed by atoms with Gasteiger partial charge < -0.3 is 9.40 Å². The minimum Gasteiger partial charge on any atom is -0.455 e. The van der Waals surface area contributed by atoms with E-state index in [-0.39, 0.29) is 5.92 Å². The van der Waals surface area contributed by atoms with Crippen molar-refractivity contribution in [3.05, 3.63) is 144 Å². The predicted octanol–water partition coefficient (Wildman–Crippen LogP) is 10.6. The fourth-order valence-corrected chi connectivity index (χ4v) is 7.91. The molecule has 43 heavy (non-hydrogen) atoms. The number of aromatic amines is 1. The Morgan fingerprint density at radius 2 is 1.53 bits per heavy atom. The minimum atomic E-state index is 0.270. The molecule has 0 bridgehead atoms. The van der Waals surface area contributed by atoms with Gasteiger partial charge in [-0.15, -0.1) is 0 Å². The summed E-state index contributed by atoms with van der Waals surface area (Å²) in [6.45, 7) is 8.75. The molecule has 0 saturated heterocycles. The first-order valence-electron chi connectivity index (χ1n) is 15.1. The van der Waals surface area contributed by atoms with Gasteiger partial charge in [-0.1, -0.05) is 98.1 Å². The van der Waals surface area contributed by atoms with E-state index >= 15 is 0 Å². The first-order valence-corrected chi connectivity index (χ1v) is 15.1. The minimum absolute atomic E-state index is 0.270. The summed E-state index contributed by atoms with van der Waals surface area (Å²) in [6, 6.07) is 34.9. The van der Waals surface area contributed by atoms with E-state index in [9.17, 15) is 0 Å². The Hall–Kier alpha value is -5.15. The summed E-state index contributed by atoms with van der Waals surface area (Å²) in [4.78, 5) is 8.97. The molecule has 1 aliphatic carbocycles. The lowest BCUT2D eigenvalue weighted by atomic mass is 9.69. The summed E-state index contributed by atoms with van der Waals surface area (Å²) in [5, 5.41) is 5.85. The van der Waals surface area contributed by atoms with Crippen molar-refractivity contribution in [1.29, 1.82) is 0 Å². The number of aryl methyl sites for hydroxylation is 1. The van der Waals surface area contributed by atoms with Crippen LogP contribution in [0.5, 0.6) is 0 Å². The first kappa shape index (κ1) is 24.4. The molecule has 206 valence electrons. The second-order valence-electron chi connectivity index (χ2n) is 12.0. The fraction of sp³-hybridized carbons (Fsp3) is 0.125. The summed E-state index contributed by atoms with van der Waals surface area (Å²) in [5.74, 6) is 0.606. The molecule has 2 aromatic heterocycles. The average Bonchev–Trinajstić information content (AvgIpc) is 3.62. The van der Waals surface area contributed by atoms with E-state index in [0.29, 0.717) is 5.92 Å². The quantitative estimate of drug-likeness (QED) is 0.215. The maximum absolute atomic E-state index is 6.78. The molecule has 5 aromatic carbocycles. The Kier molecular flexibility index (Phi) is 5.22. The zero-order valence-corrected chi connectivity index (χ0v) is 23.9. The topological polar surface area (TPSA) is 41.3 Å². The molecular formula is C40H30N2O. The van der Waals surface area contributed by atoms with Crippen molar-refractivity contribution in [2.24, 2.45) is 4.99 Å². The highest BCUT2D eigenvalue weighted by Gasteiger charge is 2.37. The van der Waals surface area contributed by atoms with Crippen LogP contribution >= 0.6 is 0 Å². The summed E-state index contributed by atoms with van der Waals surface area (Å²) in [5.41, 5.74) is 12.3. The number of aliphatic imine (C=N–C) groups is 1. The SMILES string of the molecule is C=C/C1=N/C(=C)CC2c3c([nH]c4ccccc34)-c3ccccc3C2CCc2ccc3c(oc4c5ccccc5ccc34)c21. The smallest absolute Gasteiger partial charge is 0.145 e. The molecule has 1 N–H and O–H groups in total. The van der Waals surface area contributed by atoms with E-state index in [2.05, 4.69) is 115 Å². The normalized spacial score (nSPS) is 19.4. The number of para-hydroxylation sites is 1. The number of rotatable bonds is 1. The van der Waals surface area contributed by atoms with E-state index < -0.39 is 0 Å². The van der Waals surface area contributed by atoms with E-state index in [1.165, 1.54) is 44.2 Å². The Labute approximate surface area is 249 Å². The molecule has 9 rings (SSSR count). The lowest BCUT2D eigenvalue weighted by Crippen LogP contribution is -2.20. The molecular weight excluding hydrogens is 524 g/mol. The summed E-state index contributed by atoms with van der Waals surface area (Å²) < 4.78 is 6.78. The summed E-state index contributed by atoms with van der Waals surface area (Å²) in [6.07, 6.45) is 4.58. The van der Waals surface area contributed by atoms with Gasteiger partial charge >= 0.3 is 0 Å². The Balaban J connectivity index is 1.27. The van der Waals surface area contributed by atoms with Gasteiger partial charge in [0.25, 0.3) is 0 Å². The van der Waals surface area contributed by atoms with Crippen LogP contribution in [0.1, 0.15) is 46.9 Å². The molecule has 0 spiro atoms. The van der Waals surface area contributed by atoms with Gasteiger partial charge in [-0.05, 0) is 71.4 Å². The molecule has 3 heterocycles. The summed E-state index contributed by atoms with van der Waals surface area (Å²) >= 11 is 0. The molecule has 2 aliphatic rings. The van der Waals surface area contributed by atoms with Crippen molar-refractivity contribution in [2.75, 3.05) is 0 Å². The van der Waals surface area contributed by atoms with Crippen LogP contribution in [-0.2, 0) is 6.42 Å². The lowest BCUT2D eigenvalue weighted by Gasteiger charge is -2.35. The highest BCUT2D eigenvalue weighted by molar-refractivity contribution is 6.22. The zero-order valence-electron chi connectivity index (χ0n) is 23.9. The van der Waals surface area contributed by atoms with Crippen LogP contribution in [0, 0.1) is 0 Å². The molecule has 2 atom stereocenters. The number of H-pyrrole nitrogens is 1. The van der Waals surface area contributed by atoms with Gasteiger partial charge in [0.2, 0.25) is 0 Å². The van der Waals surface area contributed by atoms with Crippen LogP contribution in [0.4, 0.5) is 0 Å². The maximum atomic E-state index is 6.78. The number of benzene rings is 5. The molecule has 1 aliphatic heterocycles. The first-order chi connectivity index (χ1) is 21.2. The monoisotopic (exact) mass is 554 g/mol. The number of allylic oxidation sites excluding steroid dienone is 2. The highest BCUT2D eigenvalue weighted by Crippen LogP contribution is 2.53. The highest BCUT2D eigenvalue weighted by atomic mass is 16.3. The Bertz CT molecular complexity index is 2330. The zero-order chi connectivity index (χ0) is 28.7. The van der Waals surface area contributed by atoms with Gasteiger partial charge in [-0.2, -0.15) is 0 Å². The molecule has 2 unspecified atom stereocenters. The fourth-order valence-electron chi connectivity index (χ4n) is 7.91. The van der Waals surface area contributed by atoms with Crippen molar-refractivity contribution < 1.29 is 4.42 Å². The summed E-state index contributed by atoms with van der Waals surface area (Å²) in [7, 11) is 0. The third-order valence-electron chi connectivity index (χ3n) is 9.76. The van der Waals surface area contributed by atoms with Gasteiger partial charge in [-0.3, -0.25) is 4.99 Å². The van der Waals surface area contributed by atoms with Crippen LogP contribution in [0.3, 0.4) is 0 Å². The van der Waals surface area contributed by atoms with Crippen molar-refractivity contribution in [3.63, 3.8) is 0 Å². The van der Waals surface area contributed by atoms with Crippen LogP contribution in [-0.4, -0.2) is 10.7 Å². The van der Waals surface area contributed by atoms with E-state index in [4.69, 9.17) is 9.41 Å². The third kappa shape index (κ3) is 3.51. The second-order valence-corrected chi connectivity index (χ2v) is 12.0. The lowest BCUT2D eigenvalue weighted by molar-refractivity contribution is 0.496. The number of hydrogen-bond acceptors (Lipinski definition) is 2. The number of hydrogen-bond donors (Lipinski definition) is 1. The molecule has 7 aromatic rings. The molecule has 3 heteroatoms. The molecule has 0 saturated carbocycles. The maximum Gasteiger partial charge on any atom is 0.145 e. The average molecular weight is 555 g/mol. The second kappa shape index (κ2) is 9.17. The van der Waals surface area contributed by atoms with E-state index in [1.54, 1.807) is 0 Å². The van der Waals surface area contributed by atoms with Gasteiger partial charge in [0.1, 0.15) is 11.2 Å². The Morgan fingerprint density at radius 1 is 0.767 bits per heavy atom. The third-order valence-corrected chi connectivity index (χ3v) is 9.76. The van der Waals surface area contributed by atoms with Crippen molar-refractivity contribution >= 4 is 49.3 Å². The van der Waals surface area contributed by atoms with Crippen molar-refractivity contribution in [2.45, 2.75) is 31.1 Å². The van der Waals surface area contributed by atoms with Crippen LogP contribution in [0.15, 0.2) is 131 Å². The number of aromatic nitrogens is 1. The molecule has 3 nitrogen and oxygen atoms in total. The van der Waals surface area contributed by atoms with Gasteiger partial charge in [0, 0.05) is 43.9 Å². The van der Waals surface area contributed by atoms with E-state index in [0.717, 1.165) is 63.6 Å². The number of fused-ring (bicyclic) bond motifs is 15. The number of furan rings is 1. The van der Waals surface area contributed by atoms with Gasteiger partial charge in [0.05, 0.1) is 11.4 Å². The van der Waals surface area contributed by atoms with Crippen LogP contribution in [0.2, 0.25) is 0 Å². The number of nitrogens with one attached hydrogen (secondary N) is 1. The largest absolute Gasteiger partial charge is 0.455 e. The number of nitrogens with zero attached hydrogens (tertiary/aromatic N) is 1. The van der Waals surface area contributed by atoms with E-state index in [1.807, 2.05) is 6.08 Å². The van der Waals surface area contributed by atoms with Crippen LogP contribution < -0.4 is 0 Å². The Morgan fingerprint density at radius 3 is 2.44 bits per heavy atom. The predicted molar refractivity (Wildman–Crippen MR) is 179 cm³/mol. The van der Waals surface area contributed by atoms with Gasteiger partial charge in [-0.25, -0.2) is 0 Å². The van der Waals surface area contributed by atoms with Crippen molar-refractivity contribution in [1.82, 2.24) is 4.98 Å². The van der Waals surface area contributed by atoms with Crippen molar-refractivity contribution in [3.8, 4) is 11.3 Å². The molecule has 0 amide bonds. The van der Waals surface area contributed by atoms with Gasteiger partial charge in [0.15, 0.2) is 0 Å². The standard InChI is InChI=1S/C40H30N2O/c1-3-34-36-25(18-21-31-30-20-16-24-10-4-5-11-26(24)39(30)43-40(31)36)17-19-28-27-12-6-7-13-29(27)38-37(33(28)22-23(2)41-34)32-14-8-9-15-35(32)42-38/h3-16,18,20-21,28,33,42H,1-2,17,19,22H2/b41-34-. The molecule has 0 radical (unpaired) electrons. The van der Waals surface area contributed by atoms with Crippen LogP contribution in [0.25, 0.3) is 54.9 Å². The molecule has 0 fully saturated rings.